The third-order valence-corrected chi connectivity index (χ3v) is 5.16. The Kier molecular flexibility index (Phi) is 7.00. The van der Waals surface area contributed by atoms with Gasteiger partial charge in [0.1, 0.15) is 5.75 Å². The third-order valence-electron chi connectivity index (χ3n) is 3.64. The lowest BCUT2D eigenvalue weighted by Crippen LogP contribution is -2.23. The fourth-order valence-corrected chi connectivity index (χ4v) is 2.99. The minimum absolute atomic E-state index is 0.0271. The Morgan fingerprint density at radius 3 is 2.62 bits per heavy atom. The number of anilines is 1. The van der Waals surface area contributed by atoms with Gasteiger partial charge in [0.15, 0.2) is 0 Å². The first-order chi connectivity index (χ1) is 11.5. The maximum absolute atomic E-state index is 12.3. The van der Waals surface area contributed by atoms with Crippen LogP contribution in [0, 0.1) is 13.8 Å². The van der Waals surface area contributed by atoms with Gasteiger partial charge in [-0.3, -0.25) is 4.79 Å². The number of halogens is 1. The van der Waals surface area contributed by atoms with E-state index in [2.05, 4.69) is 5.32 Å². The van der Waals surface area contributed by atoms with E-state index >= 15 is 0 Å². The van der Waals surface area contributed by atoms with Crippen LogP contribution in [0.15, 0.2) is 42.5 Å². The zero-order valence-electron chi connectivity index (χ0n) is 14.1. The van der Waals surface area contributed by atoms with Gasteiger partial charge in [-0.25, -0.2) is 0 Å². The van der Waals surface area contributed by atoms with Gasteiger partial charge >= 0.3 is 0 Å². The molecule has 0 radical (unpaired) electrons. The molecule has 2 aromatic carbocycles. The lowest BCUT2D eigenvalue weighted by atomic mass is 10.2. The van der Waals surface area contributed by atoms with Crippen LogP contribution in [0.5, 0.6) is 5.75 Å². The molecule has 1 atom stereocenters. The van der Waals surface area contributed by atoms with E-state index in [1.807, 2.05) is 63.2 Å². The number of carbonyl (C=O) groups is 1. The molecule has 0 saturated heterocycles. The van der Waals surface area contributed by atoms with E-state index in [1.54, 1.807) is 11.8 Å². The van der Waals surface area contributed by atoms with Crippen LogP contribution in [-0.4, -0.2) is 23.5 Å². The minimum atomic E-state index is -0.162. The molecule has 3 nitrogen and oxygen atoms in total. The number of benzene rings is 2. The van der Waals surface area contributed by atoms with Crippen molar-refractivity contribution in [3.63, 3.8) is 0 Å². The number of hydrogen-bond acceptors (Lipinski definition) is 3. The van der Waals surface area contributed by atoms with Crippen molar-refractivity contribution in [3.05, 3.63) is 58.6 Å². The molecule has 0 bridgehead atoms. The number of hydrogen-bond donors (Lipinski definition) is 1. The van der Waals surface area contributed by atoms with Crippen LogP contribution in [0.2, 0.25) is 5.02 Å². The van der Waals surface area contributed by atoms with Crippen LogP contribution in [0.25, 0.3) is 0 Å². The van der Waals surface area contributed by atoms with E-state index in [0.29, 0.717) is 11.6 Å². The summed E-state index contributed by atoms with van der Waals surface area (Å²) < 4.78 is 5.67. The monoisotopic (exact) mass is 363 g/mol. The molecule has 1 amide bonds. The highest BCUT2D eigenvalue weighted by molar-refractivity contribution is 8.00. The Morgan fingerprint density at radius 1 is 1.21 bits per heavy atom. The van der Waals surface area contributed by atoms with Gasteiger partial charge in [0.25, 0.3) is 0 Å². The van der Waals surface area contributed by atoms with E-state index in [9.17, 15) is 4.79 Å². The molecule has 0 fully saturated rings. The number of rotatable bonds is 7. The Morgan fingerprint density at radius 2 is 1.92 bits per heavy atom. The van der Waals surface area contributed by atoms with Crippen molar-refractivity contribution in [2.24, 2.45) is 0 Å². The van der Waals surface area contributed by atoms with Gasteiger partial charge in [-0.05, 0) is 50.6 Å². The summed E-state index contributed by atoms with van der Waals surface area (Å²) in [6, 6.07) is 13.5. The van der Waals surface area contributed by atoms with Crippen molar-refractivity contribution in [1.29, 1.82) is 0 Å². The number of thioether (sulfide) groups is 1. The van der Waals surface area contributed by atoms with Gasteiger partial charge in [0.2, 0.25) is 5.91 Å². The molecule has 0 aliphatic heterocycles. The molecule has 0 unspecified atom stereocenters. The lowest BCUT2D eigenvalue weighted by Gasteiger charge is -2.14. The predicted octanol–water partition coefficient (Wildman–Crippen LogP) is 5.10. The van der Waals surface area contributed by atoms with Crippen molar-refractivity contribution in [3.8, 4) is 5.75 Å². The Balaban J connectivity index is 1.75. The molecule has 0 heterocycles. The van der Waals surface area contributed by atoms with Gasteiger partial charge in [0, 0.05) is 16.5 Å². The number of amides is 1. The second-order valence-corrected chi connectivity index (χ2v) is 7.43. The van der Waals surface area contributed by atoms with E-state index in [4.69, 9.17) is 16.3 Å². The smallest absolute Gasteiger partial charge is 0.237 e. The number of nitrogens with one attached hydrogen (secondary N) is 1. The molecule has 2 rings (SSSR count). The third kappa shape index (κ3) is 5.46. The first-order valence-electron chi connectivity index (χ1n) is 7.84. The molecular weight excluding hydrogens is 342 g/mol. The van der Waals surface area contributed by atoms with Gasteiger partial charge in [-0.2, -0.15) is 0 Å². The minimum Gasteiger partial charge on any atom is -0.493 e. The molecule has 24 heavy (non-hydrogen) atoms. The SMILES string of the molecule is Cc1ccc(OCCS[C@H](C)C(=O)Nc2cccc(Cl)c2C)cc1. The normalized spacial score (nSPS) is 11.8. The molecule has 5 heteroatoms. The van der Waals surface area contributed by atoms with Gasteiger partial charge in [-0.1, -0.05) is 35.4 Å². The molecular formula is C19H22ClNO2S. The highest BCUT2D eigenvalue weighted by Crippen LogP contribution is 2.24. The van der Waals surface area contributed by atoms with E-state index < -0.39 is 0 Å². The summed E-state index contributed by atoms with van der Waals surface area (Å²) in [5.74, 6) is 1.57. The average Bonchev–Trinajstić information content (AvgIpc) is 2.57. The Bertz CT molecular complexity index is 688. The first-order valence-corrected chi connectivity index (χ1v) is 9.27. The van der Waals surface area contributed by atoms with E-state index in [1.165, 1.54) is 5.56 Å². The highest BCUT2D eigenvalue weighted by atomic mass is 35.5. The molecule has 0 spiro atoms. The lowest BCUT2D eigenvalue weighted by molar-refractivity contribution is -0.115. The van der Waals surface area contributed by atoms with Crippen LogP contribution >= 0.6 is 23.4 Å². The van der Waals surface area contributed by atoms with Crippen molar-refractivity contribution in [2.45, 2.75) is 26.0 Å². The van der Waals surface area contributed by atoms with Crippen LogP contribution < -0.4 is 10.1 Å². The second-order valence-electron chi connectivity index (χ2n) is 5.58. The summed E-state index contributed by atoms with van der Waals surface area (Å²) in [4.78, 5) is 12.3. The Hall–Kier alpha value is -1.65. The summed E-state index contributed by atoms with van der Waals surface area (Å²) >= 11 is 7.64. The summed E-state index contributed by atoms with van der Waals surface area (Å²) in [7, 11) is 0. The second kappa shape index (κ2) is 9.00. The van der Waals surface area contributed by atoms with Crippen LogP contribution in [0.1, 0.15) is 18.1 Å². The zero-order chi connectivity index (χ0) is 17.5. The van der Waals surface area contributed by atoms with Crippen molar-refractivity contribution < 1.29 is 9.53 Å². The number of ether oxygens (including phenoxy) is 1. The summed E-state index contributed by atoms with van der Waals surface area (Å²) in [5, 5.41) is 3.42. The highest BCUT2D eigenvalue weighted by Gasteiger charge is 2.14. The standard InChI is InChI=1S/C19H22ClNO2S/c1-13-7-9-16(10-8-13)23-11-12-24-15(3)19(22)21-18-6-4-5-17(20)14(18)2/h4-10,15H,11-12H2,1-3H3,(H,21,22)/t15-/m1/s1. The maximum Gasteiger partial charge on any atom is 0.237 e. The molecule has 128 valence electrons. The average molecular weight is 364 g/mol. The molecule has 0 saturated carbocycles. The van der Waals surface area contributed by atoms with Crippen LogP contribution in [0.4, 0.5) is 5.69 Å². The predicted molar refractivity (Wildman–Crippen MR) is 103 cm³/mol. The molecule has 0 aliphatic carbocycles. The van der Waals surface area contributed by atoms with E-state index in [-0.39, 0.29) is 11.2 Å². The van der Waals surface area contributed by atoms with Crippen molar-refractivity contribution in [2.75, 3.05) is 17.7 Å². The number of carbonyl (C=O) groups excluding carboxylic acids is 1. The molecule has 2 aromatic rings. The topological polar surface area (TPSA) is 38.3 Å². The molecule has 0 aliphatic rings. The van der Waals surface area contributed by atoms with Gasteiger partial charge in [-0.15, -0.1) is 11.8 Å². The summed E-state index contributed by atoms with van der Waals surface area (Å²) in [6.45, 7) is 6.40. The van der Waals surface area contributed by atoms with Gasteiger partial charge < -0.3 is 10.1 Å². The van der Waals surface area contributed by atoms with Crippen molar-refractivity contribution in [1.82, 2.24) is 0 Å². The first kappa shape index (κ1) is 18.7. The Labute approximate surface area is 152 Å². The summed E-state index contributed by atoms with van der Waals surface area (Å²) in [6.07, 6.45) is 0. The fraction of sp³-hybridized carbons (Fsp3) is 0.316. The zero-order valence-corrected chi connectivity index (χ0v) is 15.7. The van der Waals surface area contributed by atoms with Crippen molar-refractivity contribution >= 4 is 35.0 Å². The van der Waals surface area contributed by atoms with Crippen LogP contribution in [0.3, 0.4) is 0 Å². The number of aryl methyl sites for hydroxylation is 1. The fourth-order valence-electron chi connectivity index (χ4n) is 2.07. The van der Waals surface area contributed by atoms with Gasteiger partial charge in [0.05, 0.1) is 11.9 Å². The quantitative estimate of drug-likeness (QED) is 0.696. The maximum atomic E-state index is 12.3. The molecule has 1 N–H and O–H groups in total. The summed E-state index contributed by atoms with van der Waals surface area (Å²) in [5.41, 5.74) is 2.85. The van der Waals surface area contributed by atoms with Crippen LogP contribution in [-0.2, 0) is 4.79 Å². The van der Waals surface area contributed by atoms with E-state index in [0.717, 1.165) is 22.8 Å². The largest absolute Gasteiger partial charge is 0.493 e. The molecule has 0 aromatic heterocycles.